The number of aliphatic hydroxyl groups excluding tert-OH is 1. The van der Waals surface area contributed by atoms with Crippen LogP contribution in [0.25, 0.3) is 0 Å². The van der Waals surface area contributed by atoms with Crippen molar-refractivity contribution in [2.24, 2.45) is 5.73 Å². The Morgan fingerprint density at radius 1 is 1.54 bits per heavy atom. The van der Waals surface area contributed by atoms with E-state index < -0.39 is 5.54 Å². The molecule has 13 heavy (non-hydrogen) atoms. The van der Waals surface area contributed by atoms with Gasteiger partial charge in [-0.3, -0.25) is 0 Å². The third kappa shape index (κ3) is 2.32. The number of phenolic OH excluding ortho intramolecular Hbond substituents is 1. The highest BCUT2D eigenvalue weighted by Crippen LogP contribution is 2.28. The maximum atomic E-state index is 9.51. The van der Waals surface area contributed by atoms with Crippen LogP contribution in [0.4, 0.5) is 0 Å². The molecular weight excluding hydrogens is 281 g/mol. The molecule has 3 nitrogen and oxygen atoms in total. The molecule has 0 aliphatic carbocycles. The van der Waals surface area contributed by atoms with E-state index in [9.17, 15) is 5.11 Å². The maximum Gasteiger partial charge on any atom is 0.120 e. The summed E-state index contributed by atoms with van der Waals surface area (Å²) in [7, 11) is 0. The number of hydrogen-bond acceptors (Lipinski definition) is 3. The van der Waals surface area contributed by atoms with E-state index in [0.29, 0.717) is 5.56 Å². The van der Waals surface area contributed by atoms with Crippen LogP contribution >= 0.6 is 22.6 Å². The average Bonchev–Trinajstić information content (AvgIpc) is 2.09. The highest BCUT2D eigenvalue weighted by molar-refractivity contribution is 14.1. The summed E-state index contributed by atoms with van der Waals surface area (Å²) in [6, 6.07) is 5.14. The second-order valence-corrected chi connectivity index (χ2v) is 4.48. The van der Waals surface area contributed by atoms with Crippen molar-refractivity contribution in [1.82, 2.24) is 0 Å². The Hall–Kier alpha value is -0.330. The first-order valence-corrected chi connectivity index (χ1v) is 4.94. The van der Waals surface area contributed by atoms with E-state index in [2.05, 4.69) is 22.6 Å². The maximum absolute atomic E-state index is 9.51. The van der Waals surface area contributed by atoms with Crippen molar-refractivity contribution in [3.05, 3.63) is 27.3 Å². The summed E-state index contributed by atoms with van der Waals surface area (Å²) in [5, 5.41) is 18.5. The molecule has 0 spiro atoms. The number of benzene rings is 1. The first-order valence-electron chi connectivity index (χ1n) is 3.86. The van der Waals surface area contributed by atoms with E-state index >= 15 is 0 Å². The van der Waals surface area contributed by atoms with Gasteiger partial charge in [0.2, 0.25) is 0 Å². The van der Waals surface area contributed by atoms with Crippen LogP contribution < -0.4 is 5.73 Å². The molecule has 0 heterocycles. The third-order valence-electron chi connectivity index (χ3n) is 1.90. The lowest BCUT2D eigenvalue weighted by atomic mass is 9.93. The van der Waals surface area contributed by atoms with Crippen molar-refractivity contribution in [3.8, 4) is 5.75 Å². The van der Waals surface area contributed by atoms with Crippen molar-refractivity contribution in [3.63, 3.8) is 0 Å². The van der Waals surface area contributed by atoms with Crippen LogP contribution in [0.1, 0.15) is 12.5 Å². The van der Waals surface area contributed by atoms with Gasteiger partial charge in [0, 0.05) is 9.13 Å². The first kappa shape index (κ1) is 10.7. The average molecular weight is 293 g/mol. The lowest BCUT2D eigenvalue weighted by molar-refractivity contribution is 0.207. The molecule has 1 rings (SSSR count). The van der Waals surface area contributed by atoms with Gasteiger partial charge in [0.1, 0.15) is 5.75 Å². The fraction of sp³-hybridized carbons (Fsp3) is 0.333. The molecule has 0 radical (unpaired) electrons. The van der Waals surface area contributed by atoms with Crippen LogP contribution in [-0.4, -0.2) is 16.8 Å². The van der Waals surface area contributed by atoms with Gasteiger partial charge in [0.25, 0.3) is 0 Å². The van der Waals surface area contributed by atoms with Crippen LogP contribution in [0.2, 0.25) is 0 Å². The Kier molecular flexibility index (Phi) is 3.15. The van der Waals surface area contributed by atoms with Gasteiger partial charge >= 0.3 is 0 Å². The Morgan fingerprint density at radius 2 is 2.15 bits per heavy atom. The summed E-state index contributed by atoms with van der Waals surface area (Å²) in [6.45, 7) is 1.48. The van der Waals surface area contributed by atoms with E-state index in [-0.39, 0.29) is 12.4 Å². The van der Waals surface area contributed by atoms with Crippen molar-refractivity contribution < 1.29 is 10.2 Å². The number of hydrogen-bond donors (Lipinski definition) is 3. The van der Waals surface area contributed by atoms with Crippen molar-refractivity contribution in [1.29, 1.82) is 0 Å². The van der Waals surface area contributed by atoms with E-state index in [1.54, 1.807) is 25.1 Å². The van der Waals surface area contributed by atoms with E-state index in [1.807, 2.05) is 0 Å². The predicted octanol–water partition coefficient (Wildman–Crippen LogP) is 1.16. The molecule has 0 aliphatic heterocycles. The van der Waals surface area contributed by atoms with E-state index in [0.717, 1.165) is 3.57 Å². The Labute approximate surface area is 90.7 Å². The van der Waals surface area contributed by atoms with Gasteiger partial charge < -0.3 is 15.9 Å². The zero-order valence-electron chi connectivity index (χ0n) is 7.29. The zero-order chi connectivity index (χ0) is 10.1. The Balaban J connectivity index is 3.20. The SMILES string of the molecule is C[C@](N)(CO)c1cc(I)ccc1O. The number of rotatable bonds is 2. The number of halogens is 1. The molecular formula is C9H12INO2. The Morgan fingerprint density at radius 3 is 2.69 bits per heavy atom. The molecule has 0 saturated carbocycles. The van der Waals surface area contributed by atoms with Crippen molar-refractivity contribution in [2.75, 3.05) is 6.61 Å². The van der Waals surface area contributed by atoms with Gasteiger partial charge in [-0.1, -0.05) is 0 Å². The molecule has 0 fully saturated rings. The summed E-state index contributed by atoms with van der Waals surface area (Å²) >= 11 is 2.13. The van der Waals surface area contributed by atoms with Crippen molar-refractivity contribution in [2.45, 2.75) is 12.5 Å². The van der Waals surface area contributed by atoms with Crippen LogP contribution in [0.15, 0.2) is 18.2 Å². The summed E-state index contributed by atoms with van der Waals surface area (Å²) in [5.74, 6) is 0.125. The van der Waals surface area contributed by atoms with Gasteiger partial charge in [-0.15, -0.1) is 0 Å². The van der Waals surface area contributed by atoms with Gasteiger partial charge in [0.05, 0.1) is 12.1 Å². The summed E-state index contributed by atoms with van der Waals surface area (Å²) in [6.07, 6.45) is 0. The predicted molar refractivity (Wildman–Crippen MR) is 59.4 cm³/mol. The minimum absolute atomic E-state index is 0.125. The Bertz CT molecular complexity index is 312. The van der Waals surface area contributed by atoms with Crippen molar-refractivity contribution >= 4 is 22.6 Å². The quantitative estimate of drug-likeness (QED) is 0.717. The molecule has 0 unspecified atom stereocenters. The fourth-order valence-corrected chi connectivity index (χ4v) is 1.54. The molecule has 0 aromatic heterocycles. The number of phenols is 1. The molecule has 4 N–H and O–H groups in total. The minimum atomic E-state index is -0.884. The number of aromatic hydroxyl groups is 1. The largest absolute Gasteiger partial charge is 0.508 e. The second kappa shape index (κ2) is 3.81. The van der Waals surface area contributed by atoms with E-state index in [4.69, 9.17) is 10.8 Å². The molecule has 1 atom stereocenters. The van der Waals surface area contributed by atoms with E-state index in [1.165, 1.54) is 0 Å². The van der Waals surface area contributed by atoms with Gasteiger partial charge in [-0.25, -0.2) is 0 Å². The highest BCUT2D eigenvalue weighted by Gasteiger charge is 2.23. The highest BCUT2D eigenvalue weighted by atomic mass is 127. The van der Waals surface area contributed by atoms with Crippen LogP contribution in [0, 0.1) is 3.57 Å². The summed E-state index contributed by atoms with van der Waals surface area (Å²) < 4.78 is 0.982. The number of nitrogens with two attached hydrogens (primary N) is 1. The standard InChI is InChI=1S/C9H12INO2/c1-9(11,5-12)7-4-6(10)2-3-8(7)13/h2-4,12-13H,5,11H2,1H3/t9-/m0/s1. The topological polar surface area (TPSA) is 66.5 Å². The fourth-order valence-electron chi connectivity index (χ4n) is 1.05. The zero-order valence-corrected chi connectivity index (χ0v) is 9.45. The lowest BCUT2D eigenvalue weighted by Crippen LogP contribution is -2.37. The summed E-state index contributed by atoms with van der Waals surface area (Å²) in [4.78, 5) is 0. The lowest BCUT2D eigenvalue weighted by Gasteiger charge is -2.23. The van der Waals surface area contributed by atoms with Crippen LogP contribution in [0.5, 0.6) is 5.75 Å². The second-order valence-electron chi connectivity index (χ2n) is 3.24. The third-order valence-corrected chi connectivity index (χ3v) is 2.57. The minimum Gasteiger partial charge on any atom is -0.508 e. The molecule has 0 bridgehead atoms. The monoisotopic (exact) mass is 293 g/mol. The molecule has 1 aromatic rings. The summed E-state index contributed by atoms with van der Waals surface area (Å²) in [5.41, 5.74) is 5.48. The molecule has 1 aromatic carbocycles. The smallest absolute Gasteiger partial charge is 0.120 e. The number of aliphatic hydroxyl groups is 1. The molecule has 72 valence electrons. The van der Waals surface area contributed by atoms with Gasteiger partial charge in [-0.05, 0) is 47.7 Å². The van der Waals surface area contributed by atoms with Crippen LogP contribution in [-0.2, 0) is 5.54 Å². The molecule has 4 heteroatoms. The molecule has 0 saturated heterocycles. The van der Waals surface area contributed by atoms with Gasteiger partial charge in [-0.2, -0.15) is 0 Å². The normalized spacial score (nSPS) is 15.4. The molecule has 0 aliphatic rings. The first-order chi connectivity index (χ1) is 5.97. The van der Waals surface area contributed by atoms with Gasteiger partial charge in [0.15, 0.2) is 0 Å². The van der Waals surface area contributed by atoms with Crippen LogP contribution in [0.3, 0.4) is 0 Å². The molecule has 0 amide bonds.